The fraction of sp³-hybridized carbons (Fsp3) is 0.278. The molecule has 8 heteroatoms. The summed E-state index contributed by atoms with van der Waals surface area (Å²) in [5, 5.41) is 2.68. The van der Waals surface area contributed by atoms with Crippen LogP contribution in [0.2, 0.25) is 0 Å². The second-order valence-electron chi connectivity index (χ2n) is 5.87. The van der Waals surface area contributed by atoms with Gasteiger partial charge in [-0.3, -0.25) is 4.79 Å². The Morgan fingerprint density at radius 3 is 2.81 bits per heavy atom. The summed E-state index contributed by atoms with van der Waals surface area (Å²) in [5.74, 6) is -0.384. The van der Waals surface area contributed by atoms with E-state index in [4.69, 9.17) is 0 Å². The number of sulfonamides is 1. The molecule has 5 nitrogen and oxygen atoms in total. The number of rotatable bonds is 6. The summed E-state index contributed by atoms with van der Waals surface area (Å²) in [6, 6.07) is 10.2. The zero-order chi connectivity index (χ0) is 18.6. The van der Waals surface area contributed by atoms with Crippen LogP contribution in [0.15, 0.2) is 42.5 Å². The van der Waals surface area contributed by atoms with Crippen molar-refractivity contribution in [2.75, 3.05) is 25.4 Å². The Hall–Kier alpha value is -2.03. The molecule has 0 saturated carbocycles. The monoisotopic (exact) mass is 394 g/mol. The van der Waals surface area contributed by atoms with Gasteiger partial charge in [-0.1, -0.05) is 18.2 Å². The lowest BCUT2D eigenvalue weighted by Crippen LogP contribution is -2.35. The highest BCUT2D eigenvalue weighted by molar-refractivity contribution is 7.89. The van der Waals surface area contributed by atoms with Gasteiger partial charge in [0.2, 0.25) is 15.9 Å². The Morgan fingerprint density at radius 1 is 1.27 bits per heavy atom. The molecule has 1 fully saturated rings. The van der Waals surface area contributed by atoms with Crippen molar-refractivity contribution in [2.45, 2.75) is 6.42 Å². The summed E-state index contributed by atoms with van der Waals surface area (Å²) >= 11 is 1.39. The maximum atomic E-state index is 13.8. The molecule has 1 amide bonds. The van der Waals surface area contributed by atoms with Gasteiger partial charge in [0.05, 0.1) is 5.75 Å². The van der Waals surface area contributed by atoms with Crippen LogP contribution in [0.25, 0.3) is 16.5 Å². The van der Waals surface area contributed by atoms with Gasteiger partial charge in [-0.2, -0.15) is 0 Å². The summed E-state index contributed by atoms with van der Waals surface area (Å²) in [4.78, 5) is 13.5. The SMILES string of the molecule is O=C(/C=C/c1ccc(-c2ccccc2F)s1)NCCN1CCCS1(=O)=O. The van der Waals surface area contributed by atoms with Gasteiger partial charge in [0.15, 0.2) is 0 Å². The topological polar surface area (TPSA) is 66.5 Å². The Kier molecular flexibility index (Phi) is 5.85. The first-order chi connectivity index (χ1) is 12.5. The molecule has 0 spiro atoms. The van der Waals surface area contributed by atoms with Crippen LogP contribution >= 0.6 is 11.3 Å². The van der Waals surface area contributed by atoms with E-state index < -0.39 is 10.0 Å². The summed E-state index contributed by atoms with van der Waals surface area (Å²) < 4.78 is 38.5. The van der Waals surface area contributed by atoms with E-state index >= 15 is 0 Å². The van der Waals surface area contributed by atoms with Crippen LogP contribution in [-0.4, -0.2) is 44.0 Å². The van der Waals surface area contributed by atoms with E-state index in [1.807, 2.05) is 12.1 Å². The maximum absolute atomic E-state index is 13.8. The number of carbonyl (C=O) groups is 1. The van der Waals surface area contributed by atoms with Gasteiger partial charge in [-0.05, 0) is 30.7 Å². The summed E-state index contributed by atoms with van der Waals surface area (Å²) in [6.07, 6.45) is 3.70. The Labute approximate surface area is 156 Å². The highest BCUT2D eigenvalue weighted by Gasteiger charge is 2.27. The average Bonchev–Trinajstić information content (AvgIpc) is 3.20. The first-order valence-electron chi connectivity index (χ1n) is 8.24. The van der Waals surface area contributed by atoms with E-state index in [1.54, 1.807) is 24.3 Å². The van der Waals surface area contributed by atoms with E-state index in [2.05, 4.69) is 5.32 Å². The van der Waals surface area contributed by atoms with Crippen LogP contribution in [0.1, 0.15) is 11.3 Å². The van der Waals surface area contributed by atoms with Gasteiger partial charge < -0.3 is 5.32 Å². The van der Waals surface area contributed by atoms with Crippen molar-refractivity contribution in [1.82, 2.24) is 9.62 Å². The molecule has 1 aliphatic heterocycles. The molecule has 1 N–H and O–H groups in total. The van der Waals surface area contributed by atoms with E-state index in [-0.39, 0.29) is 24.0 Å². The van der Waals surface area contributed by atoms with Crippen molar-refractivity contribution < 1.29 is 17.6 Å². The van der Waals surface area contributed by atoms with Crippen LogP contribution in [0, 0.1) is 5.82 Å². The highest BCUT2D eigenvalue weighted by atomic mass is 32.2. The van der Waals surface area contributed by atoms with Gasteiger partial charge in [0.25, 0.3) is 0 Å². The molecule has 1 saturated heterocycles. The molecule has 0 radical (unpaired) electrons. The summed E-state index contributed by atoms with van der Waals surface area (Å²) in [6.45, 7) is 1.08. The number of amides is 1. The minimum atomic E-state index is -3.13. The van der Waals surface area contributed by atoms with Crippen molar-refractivity contribution in [1.29, 1.82) is 0 Å². The zero-order valence-electron chi connectivity index (χ0n) is 14.0. The van der Waals surface area contributed by atoms with Crippen LogP contribution in [0.4, 0.5) is 4.39 Å². The predicted octanol–water partition coefficient (Wildman–Crippen LogP) is 2.72. The number of thiophene rings is 1. The smallest absolute Gasteiger partial charge is 0.244 e. The highest BCUT2D eigenvalue weighted by Crippen LogP contribution is 2.30. The second kappa shape index (κ2) is 8.11. The lowest BCUT2D eigenvalue weighted by molar-refractivity contribution is -0.116. The van der Waals surface area contributed by atoms with Crippen molar-refractivity contribution in [3.05, 3.63) is 53.2 Å². The summed E-state index contributed by atoms with van der Waals surface area (Å²) in [5.41, 5.74) is 0.536. The number of halogens is 1. The van der Waals surface area contributed by atoms with Crippen LogP contribution in [0.3, 0.4) is 0 Å². The molecule has 3 rings (SSSR count). The molecule has 26 heavy (non-hydrogen) atoms. The third-order valence-electron chi connectivity index (χ3n) is 4.03. The fourth-order valence-electron chi connectivity index (χ4n) is 2.71. The number of hydrogen-bond acceptors (Lipinski definition) is 4. The number of benzene rings is 1. The van der Waals surface area contributed by atoms with Gasteiger partial charge in [0, 0.05) is 41.0 Å². The minimum absolute atomic E-state index is 0.184. The normalized spacial score (nSPS) is 17.0. The minimum Gasteiger partial charge on any atom is -0.351 e. The third-order valence-corrected chi connectivity index (χ3v) is 7.07. The van der Waals surface area contributed by atoms with E-state index in [0.29, 0.717) is 25.1 Å². The molecule has 2 aromatic rings. The molecule has 1 aromatic heterocycles. The zero-order valence-corrected chi connectivity index (χ0v) is 15.7. The van der Waals surface area contributed by atoms with E-state index in [0.717, 1.165) is 9.75 Å². The van der Waals surface area contributed by atoms with E-state index in [9.17, 15) is 17.6 Å². The molecular formula is C18H19FN2O3S2. The molecule has 1 aliphatic rings. The number of carbonyl (C=O) groups excluding carboxylic acids is 1. The second-order valence-corrected chi connectivity index (χ2v) is 9.08. The Balaban J connectivity index is 1.52. The van der Waals surface area contributed by atoms with Gasteiger partial charge >= 0.3 is 0 Å². The van der Waals surface area contributed by atoms with Crippen molar-refractivity contribution >= 4 is 33.3 Å². The summed E-state index contributed by atoms with van der Waals surface area (Å²) in [7, 11) is -3.13. The van der Waals surface area contributed by atoms with Crippen molar-refractivity contribution in [3.8, 4) is 10.4 Å². The molecule has 0 atom stereocenters. The van der Waals surface area contributed by atoms with Crippen LogP contribution in [-0.2, 0) is 14.8 Å². The molecule has 138 valence electrons. The first-order valence-corrected chi connectivity index (χ1v) is 10.7. The molecule has 0 unspecified atom stereocenters. The predicted molar refractivity (Wildman–Crippen MR) is 102 cm³/mol. The first kappa shape index (κ1) is 18.8. The number of hydrogen-bond donors (Lipinski definition) is 1. The van der Waals surface area contributed by atoms with Gasteiger partial charge in [-0.25, -0.2) is 17.1 Å². The van der Waals surface area contributed by atoms with Crippen LogP contribution in [0.5, 0.6) is 0 Å². The third kappa shape index (κ3) is 4.57. The average molecular weight is 394 g/mol. The standard InChI is InChI=1S/C18H19FN2O3S2/c19-16-5-2-1-4-15(16)17-8-6-14(25-17)7-9-18(22)20-10-12-21-11-3-13-26(21,23)24/h1-2,4-9H,3,10-13H2,(H,20,22)/b9-7+. The van der Waals surface area contributed by atoms with Gasteiger partial charge in [0.1, 0.15) is 5.82 Å². The molecule has 2 heterocycles. The quantitative estimate of drug-likeness (QED) is 0.766. The largest absolute Gasteiger partial charge is 0.351 e. The van der Waals surface area contributed by atoms with Crippen LogP contribution < -0.4 is 5.32 Å². The molecule has 0 aliphatic carbocycles. The lowest BCUT2D eigenvalue weighted by Gasteiger charge is -2.13. The number of nitrogens with one attached hydrogen (secondary N) is 1. The maximum Gasteiger partial charge on any atom is 0.244 e. The van der Waals surface area contributed by atoms with Crippen molar-refractivity contribution in [2.24, 2.45) is 0 Å². The van der Waals surface area contributed by atoms with Crippen molar-refractivity contribution in [3.63, 3.8) is 0 Å². The van der Waals surface area contributed by atoms with Gasteiger partial charge in [-0.15, -0.1) is 11.3 Å². The molecular weight excluding hydrogens is 375 g/mol. The molecule has 1 aromatic carbocycles. The Bertz CT molecular complexity index is 922. The Morgan fingerprint density at radius 2 is 2.08 bits per heavy atom. The fourth-order valence-corrected chi connectivity index (χ4v) is 5.18. The molecule has 0 bridgehead atoms. The van der Waals surface area contributed by atoms with E-state index in [1.165, 1.54) is 27.8 Å². The number of nitrogens with zero attached hydrogens (tertiary/aromatic N) is 1. The lowest BCUT2D eigenvalue weighted by atomic mass is 10.2.